The number of hydrogen-bond acceptors (Lipinski definition) is 2. The number of carbonyl (C=O) groups is 2. The van der Waals surface area contributed by atoms with Crippen LogP contribution in [0.25, 0.3) is 0 Å². The van der Waals surface area contributed by atoms with Gasteiger partial charge < -0.3 is 10.2 Å². The lowest BCUT2D eigenvalue weighted by Gasteiger charge is -2.26. The number of anilines is 1. The highest BCUT2D eigenvalue weighted by molar-refractivity contribution is 14.1. The maximum atomic E-state index is 12.6. The van der Waals surface area contributed by atoms with E-state index in [4.69, 9.17) is 0 Å². The van der Waals surface area contributed by atoms with E-state index in [9.17, 15) is 9.59 Å². The van der Waals surface area contributed by atoms with Gasteiger partial charge in [-0.15, -0.1) is 0 Å². The Balaban J connectivity index is 1.73. The molecule has 24 heavy (non-hydrogen) atoms. The van der Waals surface area contributed by atoms with Crippen molar-refractivity contribution in [2.75, 3.05) is 18.4 Å². The van der Waals surface area contributed by atoms with Crippen LogP contribution in [0.3, 0.4) is 0 Å². The Morgan fingerprint density at radius 1 is 0.917 bits per heavy atom. The molecule has 0 bridgehead atoms. The summed E-state index contributed by atoms with van der Waals surface area (Å²) in [6.45, 7) is 1.63. The van der Waals surface area contributed by atoms with E-state index in [-0.39, 0.29) is 11.8 Å². The second kappa shape index (κ2) is 7.79. The number of amides is 2. The number of nitrogens with zero attached hydrogens (tertiary/aromatic N) is 1. The van der Waals surface area contributed by atoms with Gasteiger partial charge in [0.1, 0.15) is 0 Å². The lowest BCUT2D eigenvalue weighted by atomic mass is 10.1. The van der Waals surface area contributed by atoms with Crippen molar-refractivity contribution in [1.82, 2.24) is 4.90 Å². The normalized spacial score (nSPS) is 14.3. The van der Waals surface area contributed by atoms with Crippen molar-refractivity contribution in [3.63, 3.8) is 0 Å². The molecule has 1 aliphatic heterocycles. The van der Waals surface area contributed by atoms with Crippen molar-refractivity contribution in [2.24, 2.45) is 0 Å². The third kappa shape index (κ3) is 4.14. The lowest BCUT2D eigenvalue weighted by Crippen LogP contribution is -2.35. The first kappa shape index (κ1) is 17.0. The fourth-order valence-electron chi connectivity index (χ4n) is 2.84. The minimum Gasteiger partial charge on any atom is -0.339 e. The molecule has 1 fully saturated rings. The van der Waals surface area contributed by atoms with Crippen LogP contribution in [0.2, 0.25) is 0 Å². The van der Waals surface area contributed by atoms with Crippen LogP contribution in [-0.2, 0) is 0 Å². The maximum absolute atomic E-state index is 12.6. The number of piperidine rings is 1. The second-order valence-corrected chi connectivity index (χ2v) is 7.14. The van der Waals surface area contributed by atoms with Crippen LogP contribution in [-0.4, -0.2) is 29.8 Å². The molecule has 1 N–H and O–H groups in total. The molecular weight excluding hydrogens is 415 g/mol. The number of rotatable bonds is 3. The number of likely N-dealkylation sites (tertiary alicyclic amines) is 1. The maximum Gasteiger partial charge on any atom is 0.255 e. The van der Waals surface area contributed by atoms with Crippen molar-refractivity contribution >= 4 is 40.1 Å². The van der Waals surface area contributed by atoms with Gasteiger partial charge in [0.15, 0.2) is 0 Å². The molecule has 1 heterocycles. The average molecular weight is 434 g/mol. The monoisotopic (exact) mass is 434 g/mol. The standard InChI is InChI=1S/C19H19IN2O2/c20-16-8-4-6-14(12-16)18(23)21-17-9-5-7-15(13-17)19(24)22-10-2-1-3-11-22/h4-9,12-13H,1-3,10-11H2,(H,21,23). The summed E-state index contributed by atoms with van der Waals surface area (Å²) in [4.78, 5) is 26.8. The summed E-state index contributed by atoms with van der Waals surface area (Å²) in [5.41, 5.74) is 1.87. The van der Waals surface area contributed by atoms with Gasteiger partial charge in [-0.25, -0.2) is 0 Å². The van der Waals surface area contributed by atoms with Crippen LogP contribution >= 0.6 is 22.6 Å². The highest BCUT2D eigenvalue weighted by Gasteiger charge is 2.18. The van der Waals surface area contributed by atoms with Crippen LogP contribution in [0.4, 0.5) is 5.69 Å². The number of nitrogens with one attached hydrogen (secondary N) is 1. The zero-order valence-corrected chi connectivity index (χ0v) is 15.5. The minimum atomic E-state index is -0.170. The van der Waals surface area contributed by atoms with E-state index in [0.717, 1.165) is 29.5 Å². The highest BCUT2D eigenvalue weighted by Crippen LogP contribution is 2.17. The summed E-state index contributed by atoms with van der Waals surface area (Å²) >= 11 is 2.18. The van der Waals surface area contributed by atoms with Gasteiger partial charge in [0.25, 0.3) is 11.8 Å². The number of carbonyl (C=O) groups excluding carboxylic acids is 2. The van der Waals surface area contributed by atoms with Crippen LogP contribution in [0, 0.1) is 3.57 Å². The molecule has 2 amide bonds. The predicted octanol–water partition coefficient (Wildman–Crippen LogP) is 4.17. The Labute approximate surface area is 155 Å². The average Bonchev–Trinajstić information content (AvgIpc) is 2.62. The Kier molecular flexibility index (Phi) is 5.50. The van der Waals surface area contributed by atoms with Gasteiger partial charge in [-0.2, -0.15) is 0 Å². The molecule has 5 heteroatoms. The van der Waals surface area contributed by atoms with E-state index >= 15 is 0 Å². The summed E-state index contributed by atoms with van der Waals surface area (Å²) in [6, 6.07) is 14.6. The smallest absolute Gasteiger partial charge is 0.255 e. The lowest BCUT2D eigenvalue weighted by molar-refractivity contribution is 0.0724. The molecule has 2 aromatic rings. The molecule has 0 saturated carbocycles. The zero-order chi connectivity index (χ0) is 16.9. The van der Waals surface area contributed by atoms with E-state index < -0.39 is 0 Å². The van der Waals surface area contributed by atoms with Crippen molar-refractivity contribution in [3.05, 3.63) is 63.2 Å². The molecule has 3 rings (SSSR count). The van der Waals surface area contributed by atoms with Gasteiger partial charge in [0.05, 0.1) is 0 Å². The molecule has 0 atom stereocenters. The van der Waals surface area contributed by atoms with Crippen LogP contribution < -0.4 is 5.32 Å². The van der Waals surface area contributed by atoms with Crippen molar-refractivity contribution in [3.8, 4) is 0 Å². The molecule has 124 valence electrons. The Morgan fingerprint density at radius 2 is 1.62 bits per heavy atom. The van der Waals surface area contributed by atoms with E-state index in [2.05, 4.69) is 27.9 Å². The van der Waals surface area contributed by atoms with Crippen molar-refractivity contribution in [2.45, 2.75) is 19.3 Å². The largest absolute Gasteiger partial charge is 0.339 e. The molecule has 0 spiro atoms. The molecule has 2 aromatic carbocycles. The van der Waals surface area contributed by atoms with Gasteiger partial charge in [0, 0.05) is 33.5 Å². The van der Waals surface area contributed by atoms with Crippen LogP contribution in [0.15, 0.2) is 48.5 Å². The topological polar surface area (TPSA) is 49.4 Å². The first-order chi connectivity index (χ1) is 11.6. The van der Waals surface area contributed by atoms with Gasteiger partial charge in [-0.1, -0.05) is 12.1 Å². The number of hydrogen-bond donors (Lipinski definition) is 1. The predicted molar refractivity (Wildman–Crippen MR) is 103 cm³/mol. The van der Waals surface area contributed by atoms with Crippen LogP contribution in [0.5, 0.6) is 0 Å². The summed E-state index contributed by atoms with van der Waals surface area (Å²) in [6.07, 6.45) is 3.32. The number of halogens is 1. The highest BCUT2D eigenvalue weighted by atomic mass is 127. The van der Waals surface area contributed by atoms with Crippen molar-refractivity contribution in [1.29, 1.82) is 0 Å². The summed E-state index contributed by atoms with van der Waals surface area (Å²) in [7, 11) is 0. The first-order valence-corrected chi connectivity index (χ1v) is 9.17. The second-order valence-electron chi connectivity index (χ2n) is 5.90. The third-order valence-corrected chi connectivity index (χ3v) is 4.77. The zero-order valence-electron chi connectivity index (χ0n) is 13.3. The summed E-state index contributed by atoms with van der Waals surface area (Å²) in [5, 5.41) is 2.87. The van der Waals surface area contributed by atoms with Gasteiger partial charge in [0.2, 0.25) is 0 Å². The minimum absolute atomic E-state index is 0.0417. The number of benzene rings is 2. The quantitative estimate of drug-likeness (QED) is 0.738. The Morgan fingerprint density at radius 3 is 2.38 bits per heavy atom. The first-order valence-electron chi connectivity index (χ1n) is 8.10. The molecule has 1 aliphatic rings. The third-order valence-electron chi connectivity index (χ3n) is 4.10. The van der Waals surface area contributed by atoms with Crippen LogP contribution in [0.1, 0.15) is 40.0 Å². The fraction of sp³-hybridized carbons (Fsp3) is 0.263. The SMILES string of the molecule is O=C(Nc1cccc(C(=O)N2CCCCC2)c1)c1cccc(I)c1. The Bertz CT molecular complexity index is 755. The molecule has 4 nitrogen and oxygen atoms in total. The summed E-state index contributed by atoms with van der Waals surface area (Å²) in [5.74, 6) is -0.129. The Hall–Kier alpha value is -1.89. The molecular formula is C19H19IN2O2. The van der Waals surface area contributed by atoms with E-state index in [1.165, 1.54) is 6.42 Å². The van der Waals surface area contributed by atoms with Gasteiger partial charge in [-0.3, -0.25) is 9.59 Å². The molecule has 0 radical (unpaired) electrons. The van der Waals surface area contributed by atoms with Gasteiger partial charge >= 0.3 is 0 Å². The van der Waals surface area contributed by atoms with Crippen molar-refractivity contribution < 1.29 is 9.59 Å². The van der Waals surface area contributed by atoms with E-state index in [1.807, 2.05) is 29.2 Å². The van der Waals surface area contributed by atoms with E-state index in [1.54, 1.807) is 24.3 Å². The summed E-state index contributed by atoms with van der Waals surface area (Å²) < 4.78 is 1.01. The molecule has 0 aromatic heterocycles. The van der Waals surface area contributed by atoms with Gasteiger partial charge in [-0.05, 0) is 78.3 Å². The van der Waals surface area contributed by atoms with E-state index in [0.29, 0.717) is 16.8 Å². The molecule has 1 saturated heterocycles. The fourth-order valence-corrected chi connectivity index (χ4v) is 3.39. The molecule has 0 aliphatic carbocycles. The molecule has 0 unspecified atom stereocenters.